The van der Waals surface area contributed by atoms with E-state index in [0.29, 0.717) is 25.6 Å². The molecule has 1 aromatic heterocycles. The zero-order valence-electron chi connectivity index (χ0n) is 14.5. The number of hydrogen-bond acceptors (Lipinski definition) is 5. The maximum absolute atomic E-state index is 13.7. The lowest BCUT2D eigenvalue weighted by atomic mass is 9.74. The lowest BCUT2D eigenvalue weighted by molar-refractivity contribution is 0.0542. The molecule has 0 spiro atoms. The van der Waals surface area contributed by atoms with E-state index in [0.717, 1.165) is 18.4 Å². The van der Waals surface area contributed by atoms with Crippen LogP contribution in [0.25, 0.3) is 0 Å². The SMILES string of the molecule is CNS(=O)(=O)c1ccc(NCC2(c3cccc(F)c3)CCOCC2)nc1. The summed E-state index contributed by atoms with van der Waals surface area (Å²) >= 11 is 0. The summed E-state index contributed by atoms with van der Waals surface area (Å²) in [7, 11) is -2.15. The molecule has 0 radical (unpaired) electrons. The molecular formula is C18H22FN3O3S. The maximum Gasteiger partial charge on any atom is 0.241 e. The fraction of sp³-hybridized carbons (Fsp3) is 0.389. The highest BCUT2D eigenvalue weighted by Crippen LogP contribution is 2.35. The number of halogens is 1. The number of nitrogens with one attached hydrogen (secondary N) is 2. The highest BCUT2D eigenvalue weighted by atomic mass is 32.2. The number of ether oxygens (including phenoxy) is 1. The molecule has 1 saturated heterocycles. The third kappa shape index (κ3) is 4.03. The third-order valence-corrected chi connectivity index (χ3v) is 6.21. The van der Waals surface area contributed by atoms with Crippen molar-refractivity contribution >= 4 is 15.8 Å². The van der Waals surface area contributed by atoms with Gasteiger partial charge in [0.15, 0.2) is 0 Å². The first-order valence-electron chi connectivity index (χ1n) is 8.42. The van der Waals surface area contributed by atoms with Gasteiger partial charge in [0, 0.05) is 31.4 Å². The minimum absolute atomic E-state index is 0.108. The predicted octanol–water partition coefficient (Wildman–Crippen LogP) is 2.29. The molecule has 0 bridgehead atoms. The van der Waals surface area contributed by atoms with Crippen LogP contribution in [0.2, 0.25) is 0 Å². The monoisotopic (exact) mass is 379 g/mol. The summed E-state index contributed by atoms with van der Waals surface area (Å²) in [5.41, 5.74) is 0.681. The Balaban J connectivity index is 1.78. The fourth-order valence-electron chi connectivity index (χ4n) is 3.17. The Hall–Kier alpha value is -2.03. The molecule has 2 aromatic rings. The summed E-state index contributed by atoms with van der Waals surface area (Å²) in [4.78, 5) is 4.29. The van der Waals surface area contributed by atoms with Crippen molar-refractivity contribution in [3.05, 3.63) is 54.0 Å². The van der Waals surface area contributed by atoms with E-state index in [2.05, 4.69) is 15.0 Å². The van der Waals surface area contributed by atoms with Crippen molar-refractivity contribution < 1.29 is 17.5 Å². The molecule has 2 heterocycles. The molecule has 0 unspecified atom stereocenters. The number of pyridine rings is 1. The van der Waals surface area contributed by atoms with Crippen LogP contribution in [0.5, 0.6) is 0 Å². The molecule has 1 aliphatic rings. The van der Waals surface area contributed by atoms with Gasteiger partial charge in [0.2, 0.25) is 10.0 Å². The van der Waals surface area contributed by atoms with E-state index in [4.69, 9.17) is 4.74 Å². The van der Waals surface area contributed by atoms with Crippen molar-refractivity contribution in [2.75, 3.05) is 32.1 Å². The predicted molar refractivity (Wildman–Crippen MR) is 97.1 cm³/mol. The number of hydrogen-bond donors (Lipinski definition) is 2. The lowest BCUT2D eigenvalue weighted by Crippen LogP contribution is -2.40. The fourth-order valence-corrected chi connectivity index (χ4v) is 3.84. The molecule has 1 aliphatic heterocycles. The highest BCUT2D eigenvalue weighted by molar-refractivity contribution is 7.89. The zero-order valence-corrected chi connectivity index (χ0v) is 15.4. The number of rotatable bonds is 6. The van der Waals surface area contributed by atoms with E-state index in [-0.39, 0.29) is 16.1 Å². The second kappa shape index (κ2) is 7.69. The van der Waals surface area contributed by atoms with Gasteiger partial charge < -0.3 is 10.1 Å². The van der Waals surface area contributed by atoms with Gasteiger partial charge in [-0.15, -0.1) is 0 Å². The zero-order chi connectivity index (χ0) is 18.6. The van der Waals surface area contributed by atoms with Gasteiger partial charge in [-0.25, -0.2) is 22.5 Å². The first-order chi connectivity index (χ1) is 12.5. The second-order valence-corrected chi connectivity index (χ2v) is 8.23. The third-order valence-electron chi connectivity index (χ3n) is 4.81. The second-order valence-electron chi connectivity index (χ2n) is 6.34. The largest absolute Gasteiger partial charge is 0.381 e. The molecule has 2 N–H and O–H groups in total. The molecular weight excluding hydrogens is 357 g/mol. The molecule has 1 aromatic carbocycles. The topological polar surface area (TPSA) is 80.3 Å². The quantitative estimate of drug-likeness (QED) is 0.805. The van der Waals surface area contributed by atoms with Crippen LogP contribution in [0.15, 0.2) is 47.5 Å². The van der Waals surface area contributed by atoms with E-state index in [9.17, 15) is 12.8 Å². The van der Waals surface area contributed by atoms with E-state index < -0.39 is 10.0 Å². The van der Waals surface area contributed by atoms with E-state index in [1.165, 1.54) is 25.4 Å². The Morgan fingerprint density at radius 2 is 2.00 bits per heavy atom. The Morgan fingerprint density at radius 3 is 2.62 bits per heavy atom. The van der Waals surface area contributed by atoms with Gasteiger partial charge in [-0.05, 0) is 49.7 Å². The van der Waals surface area contributed by atoms with Crippen LogP contribution < -0.4 is 10.0 Å². The summed E-state index contributed by atoms with van der Waals surface area (Å²) in [5, 5.41) is 3.27. The first-order valence-corrected chi connectivity index (χ1v) is 9.91. The number of aromatic nitrogens is 1. The Bertz CT molecular complexity index is 850. The Morgan fingerprint density at radius 1 is 1.23 bits per heavy atom. The minimum Gasteiger partial charge on any atom is -0.381 e. The van der Waals surface area contributed by atoms with Crippen molar-refractivity contribution in [1.82, 2.24) is 9.71 Å². The summed E-state index contributed by atoms with van der Waals surface area (Å²) in [6.45, 7) is 1.79. The van der Waals surface area contributed by atoms with Crippen molar-refractivity contribution in [2.24, 2.45) is 0 Å². The number of nitrogens with zero attached hydrogens (tertiary/aromatic N) is 1. The summed E-state index contributed by atoms with van der Waals surface area (Å²) in [6, 6.07) is 9.79. The molecule has 140 valence electrons. The number of benzene rings is 1. The molecule has 3 rings (SSSR count). The Labute approximate surface area is 152 Å². The van der Waals surface area contributed by atoms with E-state index in [1.807, 2.05) is 6.07 Å². The van der Waals surface area contributed by atoms with Gasteiger partial charge in [0.1, 0.15) is 16.5 Å². The minimum atomic E-state index is -3.51. The van der Waals surface area contributed by atoms with Crippen LogP contribution in [0.4, 0.5) is 10.2 Å². The summed E-state index contributed by atoms with van der Waals surface area (Å²) in [5.74, 6) is 0.315. The molecule has 0 aliphatic carbocycles. The van der Waals surface area contributed by atoms with Crippen LogP contribution in [0.3, 0.4) is 0 Å². The van der Waals surface area contributed by atoms with Crippen LogP contribution in [0.1, 0.15) is 18.4 Å². The van der Waals surface area contributed by atoms with E-state index >= 15 is 0 Å². The van der Waals surface area contributed by atoms with Gasteiger partial charge in [-0.3, -0.25) is 0 Å². The average molecular weight is 379 g/mol. The summed E-state index contributed by atoms with van der Waals surface area (Å²) < 4.78 is 45.0. The van der Waals surface area contributed by atoms with Crippen LogP contribution >= 0.6 is 0 Å². The Kier molecular flexibility index (Phi) is 5.55. The molecule has 6 nitrogen and oxygen atoms in total. The molecule has 1 fully saturated rings. The van der Waals surface area contributed by atoms with Gasteiger partial charge >= 0.3 is 0 Å². The normalized spacial score (nSPS) is 17.0. The molecule has 0 atom stereocenters. The molecule has 8 heteroatoms. The van der Waals surface area contributed by atoms with Crippen molar-refractivity contribution in [3.8, 4) is 0 Å². The highest BCUT2D eigenvalue weighted by Gasteiger charge is 2.34. The van der Waals surface area contributed by atoms with Crippen molar-refractivity contribution in [1.29, 1.82) is 0 Å². The van der Waals surface area contributed by atoms with Crippen molar-refractivity contribution in [2.45, 2.75) is 23.2 Å². The van der Waals surface area contributed by atoms with Gasteiger partial charge in [0.05, 0.1) is 0 Å². The molecule has 0 amide bonds. The van der Waals surface area contributed by atoms with Crippen LogP contribution in [-0.4, -0.2) is 40.2 Å². The smallest absolute Gasteiger partial charge is 0.241 e. The van der Waals surface area contributed by atoms with Crippen molar-refractivity contribution in [3.63, 3.8) is 0 Å². The lowest BCUT2D eigenvalue weighted by Gasteiger charge is -2.38. The van der Waals surface area contributed by atoms with Gasteiger partial charge in [-0.2, -0.15) is 0 Å². The van der Waals surface area contributed by atoms with Gasteiger partial charge in [-0.1, -0.05) is 12.1 Å². The van der Waals surface area contributed by atoms with Crippen LogP contribution in [0, 0.1) is 5.82 Å². The molecule has 26 heavy (non-hydrogen) atoms. The summed E-state index contributed by atoms with van der Waals surface area (Å²) in [6.07, 6.45) is 2.86. The number of anilines is 1. The maximum atomic E-state index is 13.7. The standard InChI is InChI=1S/C18H22FN3O3S/c1-20-26(23,24)16-5-6-17(21-12-16)22-13-18(7-9-25-10-8-18)14-3-2-4-15(19)11-14/h2-6,11-12,20H,7-10,13H2,1H3,(H,21,22). The average Bonchev–Trinajstić information content (AvgIpc) is 2.67. The van der Waals surface area contributed by atoms with Crippen LogP contribution in [-0.2, 0) is 20.2 Å². The van der Waals surface area contributed by atoms with E-state index in [1.54, 1.807) is 18.2 Å². The molecule has 0 saturated carbocycles. The number of sulfonamides is 1. The first kappa shape index (κ1) is 18.8. The van der Waals surface area contributed by atoms with Gasteiger partial charge in [0.25, 0.3) is 0 Å².